The van der Waals surface area contributed by atoms with Crippen molar-refractivity contribution in [2.45, 2.75) is 12.5 Å². The van der Waals surface area contributed by atoms with Gasteiger partial charge in [0.05, 0.1) is 22.3 Å². The van der Waals surface area contributed by atoms with E-state index < -0.39 is 17.9 Å². The lowest BCUT2D eigenvalue weighted by Gasteiger charge is -2.29. The summed E-state index contributed by atoms with van der Waals surface area (Å²) in [6.45, 7) is 0.593. The normalized spacial score (nSPS) is 16.5. The fourth-order valence-electron chi connectivity index (χ4n) is 2.60. The van der Waals surface area contributed by atoms with Gasteiger partial charge in [0.1, 0.15) is 17.7 Å². The number of fused-ring (bicyclic) bond motifs is 1. The van der Waals surface area contributed by atoms with E-state index in [9.17, 15) is 17.6 Å². The molecule has 2 aromatic rings. The van der Waals surface area contributed by atoms with Crippen LogP contribution in [0.3, 0.4) is 0 Å². The highest BCUT2D eigenvalue weighted by Gasteiger charge is 2.32. The number of hydrogen-bond acceptors (Lipinski definition) is 4. The zero-order valence-corrected chi connectivity index (χ0v) is 14.5. The van der Waals surface area contributed by atoms with Crippen molar-refractivity contribution in [1.29, 1.82) is 0 Å². The summed E-state index contributed by atoms with van der Waals surface area (Å²) < 4.78 is 60.8. The fraction of sp³-hybridized carbons (Fsp3) is 0.250. The second-order valence-corrected chi connectivity index (χ2v) is 6.31. The molecule has 3 N–H and O–H groups in total. The molecule has 0 radical (unpaired) electrons. The molecule has 2 aromatic carbocycles. The van der Waals surface area contributed by atoms with Crippen LogP contribution in [0, 0.1) is 5.82 Å². The zero-order valence-electron chi connectivity index (χ0n) is 13.0. The average molecular weight is 411 g/mol. The Labute approximate surface area is 155 Å². The summed E-state index contributed by atoms with van der Waals surface area (Å²) in [5.41, 5.74) is 6.29. The average Bonchev–Trinajstić information content (AvgIpc) is 2.52. The second kappa shape index (κ2) is 7.02. The van der Waals surface area contributed by atoms with Crippen molar-refractivity contribution in [2.75, 3.05) is 18.4 Å². The summed E-state index contributed by atoms with van der Waals surface area (Å²) in [6.07, 6.45) is -5.26. The molecule has 0 aliphatic carbocycles. The van der Waals surface area contributed by atoms with Crippen LogP contribution < -0.4 is 20.5 Å². The van der Waals surface area contributed by atoms with E-state index in [-0.39, 0.29) is 39.6 Å². The van der Waals surface area contributed by atoms with Crippen molar-refractivity contribution in [1.82, 2.24) is 0 Å². The minimum Gasteiger partial charge on any atom is -0.484 e. The molecule has 0 aromatic heterocycles. The molecule has 1 aliphatic heterocycles. The first-order valence-corrected chi connectivity index (χ1v) is 8.13. The molecule has 1 aliphatic rings. The predicted octanol–water partition coefficient (Wildman–Crippen LogP) is 4.83. The third kappa shape index (κ3) is 3.92. The lowest BCUT2D eigenvalue weighted by atomic mass is 10.0. The number of ether oxygens (including phenoxy) is 2. The molecule has 3 rings (SSSR count). The van der Waals surface area contributed by atoms with Gasteiger partial charge in [-0.15, -0.1) is 13.2 Å². The predicted molar refractivity (Wildman–Crippen MR) is 90.5 cm³/mol. The van der Waals surface area contributed by atoms with Gasteiger partial charge >= 0.3 is 6.36 Å². The fourth-order valence-corrected chi connectivity index (χ4v) is 3.27. The van der Waals surface area contributed by atoms with E-state index in [0.717, 1.165) is 18.2 Å². The van der Waals surface area contributed by atoms with Crippen LogP contribution in [0.4, 0.5) is 23.2 Å². The molecule has 26 heavy (non-hydrogen) atoms. The Bertz CT molecular complexity index is 823. The number of benzene rings is 2. The number of anilines is 1. The summed E-state index contributed by atoms with van der Waals surface area (Å²) in [5.74, 6) is -0.911. The monoisotopic (exact) mass is 410 g/mol. The largest absolute Gasteiger partial charge is 0.573 e. The van der Waals surface area contributed by atoms with Crippen LogP contribution in [0.2, 0.25) is 10.0 Å². The molecule has 1 heterocycles. The van der Waals surface area contributed by atoms with Gasteiger partial charge in [0.15, 0.2) is 5.75 Å². The second-order valence-electron chi connectivity index (χ2n) is 5.50. The van der Waals surface area contributed by atoms with Gasteiger partial charge in [-0.1, -0.05) is 23.2 Å². The van der Waals surface area contributed by atoms with Gasteiger partial charge in [0, 0.05) is 23.7 Å². The molecule has 4 nitrogen and oxygen atoms in total. The molecule has 0 fully saturated rings. The maximum Gasteiger partial charge on any atom is 0.573 e. The first kappa shape index (κ1) is 18.9. The van der Waals surface area contributed by atoms with E-state index in [1.54, 1.807) is 0 Å². The summed E-state index contributed by atoms with van der Waals surface area (Å²) in [4.78, 5) is 0. The topological polar surface area (TPSA) is 56.5 Å². The van der Waals surface area contributed by atoms with Gasteiger partial charge in [-0.25, -0.2) is 4.39 Å². The number of rotatable bonds is 3. The zero-order chi connectivity index (χ0) is 19.1. The smallest absolute Gasteiger partial charge is 0.484 e. The van der Waals surface area contributed by atoms with Gasteiger partial charge in [0.25, 0.3) is 0 Å². The molecular weight excluding hydrogens is 399 g/mol. The van der Waals surface area contributed by atoms with E-state index in [1.165, 1.54) is 6.07 Å². The minimum atomic E-state index is -4.90. The molecule has 0 bridgehead atoms. The van der Waals surface area contributed by atoms with Crippen LogP contribution in [0.25, 0.3) is 11.1 Å². The molecule has 0 saturated heterocycles. The van der Waals surface area contributed by atoms with Crippen LogP contribution in [-0.4, -0.2) is 25.6 Å². The van der Waals surface area contributed by atoms with Crippen LogP contribution in [0.15, 0.2) is 24.3 Å². The molecule has 140 valence electrons. The van der Waals surface area contributed by atoms with Gasteiger partial charge < -0.3 is 20.5 Å². The maximum absolute atomic E-state index is 14.0. The summed E-state index contributed by atoms with van der Waals surface area (Å²) in [6, 6.07) is 4.26. The lowest BCUT2D eigenvalue weighted by Crippen LogP contribution is -2.37. The summed E-state index contributed by atoms with van der Waals surface area (Å²) >= 11 is 12.2. The van der Waals surface area contributed by atoms with Gasteiger partial charge in [-0.05, 0) is 18.2 Å². The number of nitrogens with one attached hydrogen (secondary N) is 1. The third-order valence-corrected chi connectivity index (χ3v) is 4.24. The highest BCUT2D eigenvalue weighted by Crippen LogP contribution is 2.46. The van der Waals surface area contributed by atoms with Crippen molar-refractivity contribution in [2.24, 2.45) is 5.73 Å². The number of halogens is 6. The van der Waals surface area contributed by atoms with E-state index >= 15 is 0 Å². The Morgan fingerprint density at radius 2 is 1.85 bits per heavy atom. The molecule has 0 amide bonds. The van der Waals surface area contributed by atoms with Crippen molar-refractivity contribution >= 4 is 28.9 Å². The van der Waals surface area contributed by atoms with Crippen molar-refractivity contribution in [3.8, 4) is 22.6 Å². The molecule has 1 unspecified atom stereocenters. The van der Waals surface area contributed by atoms with Gasteiger partial charge in [-0.2, -0.15) is 0 Å². The summed E-state index contributed by atoms with van der Waals surface area (Å²) in [7, 11) is 0. The van der Waals surface area contributed by atoms with Crippen LogP contribution in [0.5, 0.6) is 11.5 Å². The molecular formula is C16H12Cl2F4N2O2. The summed E-state index contributed by atoms with van der Waals surface area (Å²) in [5, 5.41) is 2.69. The molecule has 0 saturated carbocycles. The van der Waals surface area contributed by atoms with Gasteiger partial charge in [0.2, 0.25) is 0 Å². The van der Waals surface area contributed by atoms with E-state index in [0.29, 0.717) is 12.2 Å². The Hall–Kier alpha value is -1.90. The van der Waals surface area contributed by atoms with Gasteiger partial charge in [-0.3, -0.25) is 0 Å². The Kier molecular flexibility index (Phi) is 5.09. The Morgan fingerprint density at radius 1 is 1.19 bits per heavy atom. The first-order chi connectivity index (χ1) is 12.2. The van der Waals surface area contributed by atoms with E-state index in [2.05, 4.69) is 10.1 Å². The van der Waals surface area contributed by atoms with Crippen molar-refractivity contribution < 1.29 is 27.0 Å². The molecule has 1 atom stereocenters. The SMILES string of the molecule is NCC1CNc2cc(F)cc(-c3c(Cl)cc(OC(F)(F)F)cc3Cl)c2O1. The standard InChI is InChI=1S/C16H12Cl2F4N2O2/c17-11-3-8(26-16(20,21)22)4-12(18)14(11)10-1-7(19)2-13-15(10)25-9(5-23)6-24-13/h1-4,9,24H,5-6,23H2. The van der Waals surface area contributed by atoms with Crippen molar-refractivity contribution in [3.05, 3.63) is 40.1 Å². The first-order valence-electron chi connectivity index (χ1n) is 7.37. The number of nitrogens with two attached hydrogens (primary N) is 1. The minimum absolute atomic E-state index is 0.123. The lowest BCUT2D eigenvalue weighted by molar-refractivity contribution is -0.274. The molecule has 10 heteroatoms. The molecule has 0 spiro atoms. The quantitative estimate of drug-likeness (QED) is 0.711. The Morgan fingerprint density at radius 3 is 2.42 bits per heavy atom. The highest BCUT2D eigenvalue weighted by molar-refractivity contribution is 6.39. The maximum atomic E-state index is 14.0. The van der Waals surface area contributed by atoms with Crippen LogP contribution >= 0.6 is 23.2 Å². The number of hydrogen-bond donors (Lipinski definition) is 2. The Balaban J connectivity index is 2.11. The third-order valence-electron chi connectivity index (χ3n) is 3.64. The highest BCUT2D eigenvalue weighted by atomic mass is 35.5. The number of alkyl halides is 3. The van der Waals surface area contributed by atoms with E-state index in [4.69, 9.17) is 33.7 Å². The van der Waals surface area contributed by atoms with Crippen LogP contribution in [0.1, 0.15) is 0 Å². The van der Waals surface area contributed by atoms with Crippen molar-refractivity contribution in [3.63, 3.8) is 0 Å². The van der Waals surface area contributed by atoms with E-state index in [1.807, 2.05) is 0 Å². The van der Waals surface area contributed by atoms with Crippen LogP contribution in [-0.2, 0) is 0 Å².